The fraction of sp³-hybridized carbons (Fsp3) is 0.571. The smallest absolute Gasteiger partial charge is 0.0964 e. The second-order valence-corrected chi connectivity index (χ2v) is 5.64. The van der Waals surface area contributed by atoms with Gasteiger partial charge in [-0.15, -0.1) is 0 Å². The fourth-order valence-corrected chi connectivity index (χ4v) is 2.61. The molecule has 0 aliphatic carbocycles. The van der Waals surface area contributed by atoms with Crippen molar-refractivity contribution in [2.45, 2.75) is 25.6 Å². The molecule has 1 aliphatic rings. The van der Waals surface area contributed by atoms with E-state index in [0.29, 0.717) is 23.1 Å². The average Bonchev–Trinajstić information content (AvgIpc) is 2.43. The molecule has 1 saturated heterocycles. The number of ether oxygens (including phenoxy) is 1. The van der Waals surface area contributed by atoms with Crippen molar-refractivity contribution in [1.82, 2.24) is 4.90 Å². The van der Waals surface area contributed by atoms with E-state index in [0.717, 1.165) is 25.2 Å². The van der Waals surface area contributed by atoms with Gasteiger partial charge in [-0.2, -0.15) is 0 Å². The van der Waals surface area contributed by atoms with Crippen LogP contribution in [0.2, 0.25) is 10.0 Å². The third-order valence-corrected chi connectivity index (χ3v) is 4.22. The molecule has 2 rings (SSSR count). The summed E-state index contributed by atoms with van der Waals surface area (Å²) in [5.74, 6) is 0. The Kier molecular flexibility index (Phi) is 5.48. The maximum absolute atomic E-state index is 10.3. The number of rotatable bonds is 4. The third-order valence-electron chi connectivity index (χ3n) is 3.48. The van der Waals surface area contributed by atoms with Gasteiger partial charge < -0.3 is 9.84 Å². The van der Waals surface area contributed by atoms with Gasteiger partial charge in [-0.3, -0.25) is 4.90 Å². The molecular formula is C14H19Cl2NO2. The Morgan fingerprint density at radius 3 is 2.89 bits per heavy atom. The minimum atomic E-state index is -0.522. The van der Waals surface area contributed by atoms with Crippen LogP contribution in [0.5, 0.6) is 0 Å². The standard InChI is InChI=1S/C14H19Cl2NO2/c1-2-17-5-6-19-14(9-17)13(18)8-10-3-4-11(15)12(16)7-10/h3-4,7,13-14,18H,2,5-6,8-9H2,1H3. The Morgan fingerprint density at radius 2 is 2.21 bits per heavy atom. The Balaban J connectivity index is 1.96. The van der Waals surface area contributed by atoms with Crippen LogP contribution in [0.1, 0.15) is 12.5 Å². The molecule has 2 unspecified atom stereocenters. The van der Waals surface area contributed by atoms with E-state index in [1.165, 1.54) is 0 Å². The van der Waals surface area contributed by atoms with Gasteiger partial charge in [0.15, 0.2) is 0 Å². The lowest BCUT2D eigenvalue weighted by molar-refractivity contribution is -0.0867. The molecule has 1 heterocycles. The number of hydrogen-bond acceptors (Lipinski definition) is 3. The predicted molar refractivity (Wildman–Crippen MR) is 78.0 cm³/mol. The highest BCUT2D eigenvalue weighted by atomic mass is 35.5. The number of morpholine rings is 1. The average molecular weight is 304 g/mol. The van der Waals surface area contributed by atoms with E-state index in [4.69, 9.17) is 27.9 Å². The van der Waals surface area contributed by atoms with Crippen LogP contribution in [0.15, 0.2) is 18.2 Å². The molecule has 106 valence electrons. The van der Waals surface area contributed by atoms with Crippen LogP contribution in [0.4, 0.5) is 0 Å². The zero-order valence-electron chi connectivity index (χ0n) is 11.0. The maximum Gasteiger partial charge on any atom is 0.0964 e. The minimum absolute atomic E-state index is 0.136. The van der Waals surface area contributed by atoms with E-state index in [1.807, 2.05) is 6.07 Å². The van der Waals surface area contributed by atoms with Crippen molar-refractivity contribution in [1.29, 1.82) is 0 Å². The lowest BCUT2D eigenvalue weighted by Crippen LogP contribution is -2.48. The molecule has 0 amide bonds. The van der Waals surface area contributed by atoms with Crippen molar-refractivity contribution in [2.24, 2.45) is 0 Å². The highest BCUT2D eigenvalue weighted by Crippen LogP contribution is 2.24. The van der Waals surface area contributed by atoms with E-state index in [9.17, 15) is 5.11 Å². The molecule has 0 saturated carbocycles. The van der Waals surface area contributed by atoms with Gasteiger partial charge in [-0.25, -0.2) is 0 Å². The first-order chi connectivity index (χ1) is 9.10. The topological polar surface area (TPSA) is 32.7 Å². The van der Waals surface area contributed by atoms with Crippen LogP contribution >= 0.6 is 23.2 Å². The Morgan fingerprint density at radius 1 is 1.42 bits per heavy atom. The summed E-state index contributed by atoms with van der Waals surface area (Å²) in [6, 6.07) is 5.44. The molecule has 0 spiro atoms. The number of benzene rings is 1. The lowest BCUT2D eigenvalue weighted by Gasteiger charge is -2.34. The minimum Gasteiger partial charge on any atom is -0.390 e. The Labute approximate surface area is 124 Å². The summed E-state index contributed by atoms with van der Waals surface area (Å²) >= 11 is 11.9. The van der Waals surface area contributed by atoms with Gasteiger partial charge in [0, 0.05) is 19.5 Å². The number of aliphatic hydroxyl groups is 1. The second-order valence-electron chi connectivity index (χ2n) is 4.82. The van der Waals surface area contributed by atoms with Gasteiger partial charge in [0.05, 0.1) is 28.9 Å². The van der Waals surface area contributed by atoms with Crippen molar-refractivity contribution in [3.63, 3.8) is 0 Å². The predicted octanol–water partition coefficient (Wildman–Crippen LogP) is 2.62. The van der Waals surface area contributed by atoms with E-state index in [2.05, 4.69) is 11.8 Å². The summed E-state index contributed by atoms with van der Waals surface area (Å²) in [5.41, 5.74) is 0.971. The molecule has 0 aromatic heterocycles. The van der Waals surface area contributed by atoms with Crippen LogP contribution in [0.3, 0.4) is 0 Å². The molecule has 5 heteroatoms. The van der Waals surface area contributed by atoms with E-state index >= 15 is 0 Å². The van der Waals surface area contributed by atoms with Crippen molar-refractivity contribution in [3.8, 4) is 0 Å². The van der Waals surface area contributed by atoms with Crippen molar-refractivity contribution >= 4 is 23.2 Å². The maximum atomic E-state index is 10.3. The molecule has 1 N–H and O–H groups in total. The summed E-state index contributed by atoms with van der Waals surface area (Å²) in [6.07, 6.45) is -0.131. The monoisotopic (exact) mass is 303 g/mol. The zero-order valence-corrected chi connectivity index (χ0v) is 12.5. The van der Waals surface area contributed by atoms with Crippen molar-refractivity contribution in [3.05, 3.63) is 33.8 Å². The summed E-state index contributed by atoms with van der Waals surface area (Å²) < 4.78 is 5.65. The zero-order chi connectivity index (χ0) is 13.8. The van der Waals surface area contributed by atoms with Crippen molar-refractivity contribution < 1.29 is 9.84 Å². The molecular weight excluding hydrogens is 285 g/mol. The quantitative estimate of drug-likeness (QED) is 0.928. The van der Waals surface area contributed by atoms with Crippen LogP contribution in [-0.4, -0.2) is 48.5 Å². The first-order valence-corrected chi connectivity index (χ1v) is 7.31. The van der Waals surface area contributed by atoms with E-state index in [1.54, 1.807) is 12.1 Å². The summed E-state index contributed by atoms with van der Waals surface area (Å²) in [4.78, 5) is 2.28. The molecule has 0 bridgehead atoms. The molecule has 0 radical (unpaired) electrons. The van der Waals surface area contributed by atoms with Gasteiger partial charge in [0.25, 0.3) is 0 Å². The number of halogens is 2. The number of aliphatic hydroxyl groups excluding tert-OH is 1. The third kappa shape index (κ3) is 4.07. The lowest BCUT2D eigenvalue weighted by atomic mass is 10.0. The highest BCUT2D eigenvalue weighted by molar-refractivity contribution is 6.42. The molecule has 1 fully saturated rings. The summed E-state index contributed by atoms with van der Waals surface area (Å²) in [5, 5.41) is 11.3. The largest absolute Gasteiger partial charge is 0.390 e. The van der Waals surface area contributed by atoms with Gasteiger partial charge in [-0.1, -0.05) is 36.2 Å². The molecule has 2 atom stereocenters. The Bertz CT molecular complexity index is 428. The van der Waals surface area contributed by atoms with E-state index in [-0.39, 0.29) is 6.10 Å². The SMILES string of the molecule is CCN1CCOC(C(O)Cc2ccc(Cl)c(Cl)c2)C1. The molecule has 1 aromatic carbocycles. The Hall–Kier alpha value is -0.320. The van der Waals surface area contributed by atoms with Crippen LogP contribution in [0.25, 0.3) is 0 Å². The highest BCUT2D eigenvalue weighted by Gasteiger charge is 2.26. The van der Waals surface area contributed by atoms with Crippen LogP contribution in [0, 0.1) is 0 Å². The number of hydrogen-bond donors (Lipinski definition) is 1. The molecule has 3 nitrogen and oxygen atoms in total. The van der Waals surface area contributed by atoms with Gasteiger partial charge in [-0.05, 0) is 24.2 Å². The number of nitrogens with zero attached hydrogens (tertiary/aromatic N) is 1. The van der Waals surface area contributed by atoms with Gasteiger partial charge in [0.1, 0.15) is 0 Å². The molecule has 1 aromatic rings. The van der Waals surface area contributed by atoms with Gasteiger partial charge in [0.2, 0.25) is 0 Å². The number of likely N-dealkylation sites (N-methyl/N-ethyl adjacent to an activating group) is 1. The fourth-order valence-electron chi connectivity index (χ4n) is 2.29. The normalized spacial score (nSPS) is 22.4. The van der Waals surface area contributed by atoms with Crippen LogP contribution < -0.4 is 0 Å². The second kappa shape index (κ2) is 6.91. The van der Waals surface area contributed by atoms with Gasteiger partial charge >= 0.3 is 0 Å². The summed E-state index contributed by atoms with van der Waals surface area (Å²) in [6.45, 7) is 5.50. The van der Waals surface area contributed by atoms with Crippen LogP contribution in [-0.2, 0) is 11.2 Å². The van der Waals surface area contributed by atoms with Crippen molar-refractivity contribution in [2.75, 3.05) is 26.2 Å². The van der Waals surface area contributed by atoms with E-state index < -0.39 is 6.10 Å². The molecule has 1 aliphatic heterocycles. The first kappa shape index (κ1) is 15.1. The first-order valence-electron chi connectivity index (χ1n) is 6.56. The molecule has 19 heavy (non-hydrogen) atoms. The summed E-state index contributed by atoms with van der Waals surface area (Å²) in [7, 11) is 0.